The minimum Gasteiger partial charge on any atom is -0.354 e. The fourth-order valence-corrected chi connectivity index (χ4v) is 6.51. The van der Waals surface area contributed by atoms with Gasteiger partial charge in [-0.15, -0.1) is 0 Å². The van der Waals surface area contributed by atoms with E-state index in [0.717, 1.165) is 4.31 Å². The monoisotopic (exact) mass is 657 g/mol. The summed E-state index contributed by atoms with van der Waals surface area (Å²) >= 11 is 25.0. The standard InChI is InChI=1S/C29H31Cl4N3O4S/c1-4-27(29(38)34-16-19(2)3)35(17-20-10-11-21(30)15-26(20)33)28(37)18-36(24-13-22(31)12-23(32)14-24)41(39,40)25-8-6-5-7-9-25/h5-15,19,27H,4,16-18H2,1-3H3,(H,34,38). The number of sulfonamides is 1. The third-order valence-electron chi connectivity index (χ3n) is 6.17. The van der Waals surface area contributed by atoms with Crippen molar-refractivity contribution in [1.29, 1.82) is 0 Å². The molecule has 1 unspecified atom stereocenters. The van der Waals surface area contributed by atoms with Gasteiger partial charge in [-0.25, -0.2) is 8.42 Å². The Balaban J connectivity index is 2.09. The molecule has 7 nitrogen and oxygen atoms in total. The largest absolute Gasteiger partial charge is 0.354 e. The average molecular weight is 659 g/mol. The summed E-state index contributed by atoms with van der Waals surface area (Å²) in [4.78, 5) is 28.7. The van der Waals surface area contributed by atoms with E-state index in [4.69, 9.17) is 46.4 Å². The molecule has 0 aliphatic rings. The van der Waals surface area contributed by atoms with E-state index in [0.29, 0.717) is 22.2 Å². The predicted molar refractivity (Wildman–Crippen MR) is 166 cm³/mol. The van der Waals surface area contributed by atoms with Gasteiger partial charge in [-0.3, -0.25) is 13.9 Å². The Hall–Kier alpha value is -2.49. The first-order valence-corrected chi connectivity index (χ1v) is 15.8. The van der Waals surface area contributed by atoms with E-state index >= 15 is 0 Å². The fourth-order valence-electron chi connectivity index (χ4n) is 4.11. The number of carbonyl (C=O) groups is 2. The van der Waals surface area contributed by atoms with E-state index in [1.165, 1.54) is 35.2 Å². The lowest BCUT2D eigenvalue weighted by molar-refractivity contribution is -0.140. The Labute approximate surface area is 261 Å². The van der Waals surface area contributed by atoms with Gasteiger partial charge in [0.15, 0.2) is 0 Å². The smallest absolute Gasteiger partial charge is 0.264 e. The van der Waals surface area contributed by atoms with Crippen molar-refractivity contribution in [2.75, 3.05) is 17.4 Å². The van der Waals surface area contributed by atoms with Crippen molar-refractivity contribution in [3.05, 3.63) is 92.4 Å². The summed E-state index contributed by atoms with van der Waals surface area (Å²) in [6.07, 6.45) is 0.273. The van der Waals surface area contributed by atoms with E-state index in [-0.39, 0.29) is 45.4 Å². The number of nitrogens with one attached hydrogen (secondary N) is 1. The number of nitrogens with zero attached hydrogens (tertiary/aromatic N) is 2. The van der Waals surface area contributed by atoms with Crippen LogP contribution in [0.2, 0.25) is 20.1 Å². The molecule has 3 rings (SSSR count). The number of amides is 2. The minimum absolute atomic E-state index is 0.0297. The zero-order valence-corrected chi connectivity index (χ0v) is 26.6. The van der Waals surface area contributed by atoms with E-state index in [1.54, 1.807) is 43.3 Å². The SMILES string of the molecule is CCC(C(=O)NCC(C)C)N(Cc1ccc(Cl)cc1Cl)C(=O)CN(c1cc(Cl)cc(Cl)c1)S(=O)(=O)c1ccccc1. The Bertz CT molecular complexity index is 1470. The quantitative estimate of drug-likeness (QED) is 0.225. The highest BCUT2D eigenvalue weighted by Gasteiger charge is 2.34. The normalized spacial score (nSPS) is 12.2. The number of hydrogen-bond donors (Lipinski definition) is 1. The van der Waals surface area contributed by atoms with Crippen molar-refractivity contribution in [3.8, 4) is 0 Å². The van der Waals surface area contributed by atoms with Crippen LogP contribution in [0.4, 0.5) is 5.69 Å². The molecular weight excluding hydrogens is 628 g/mol. The molecule has 220 valence electrons. The first kappa shape index (κ1) is 33.0. The summed E-state index contributed by atoms with van der Waals surface area (Å²) in [5, 5.41) is 3.99. The first-order chi connectivity index (χ1) is 19.3. The summed E-state index contributed by atoms with van der Waals surface area (Å²) in [6, 6.07) is 15.9. The van der Waals surface area contributed by atoms with Crippen molar-refractivity contribution in [2.45, 2.75) is 44.7 Å². The van der Waals surface area contributed by atoms with Crippen LogP contribution in [0, 0.1) is 5.92 Å². The second-order valence-electron chi connectivity index (χ2n) is 9.77. The molecule has 3 aromatic rings. The molecule has 12 heteroatoms. The van der Waals surface area contributed by atoms with Gasteiger partial charge >= 0.3 is 0 Å². The van der Waals surface area contributed by atoms with Gasteiger partial charge in [0.25, 0.3) is 10.0 Å². The maximum Gasteiger partial charge on any atom is 0.264 e. The van der Waals surface area contributed by atoms with Crippen LogP contribution in [0.1, 0.15) is 32.8 Å². The van der Waals surface area contributed by atoms with Crippen molar-refractivity contribution < 1.29 is 18.0 Å². The lowest BCUT2D eigenvalue weighted by Gasteiger charge is -2.33. The second kappa shape index (κ2) is 14.6. The molecule has 0 aromatic heterocycles. The summed E-state index contributed by atoms with van der Waals surface area (Å²) in [6.45, 7) is 5.42. The minimum atomic E-state index is -4.25. The van der Waals surface area contributed by atoms with Crippen LogP contribution in [-0.4, -0.2) is 44.3 Å². The van der Waals surface area contributed by atoms with E-state index < -0.39 is 28.5 Å². The van der Waals surface area contributed by atoms with Crippen molar-refractivity contribution in [3.63, 3.8) is 0 Å². The van der Waals surface area contributed by atoms with Gasteiger partial charge in [0.2, 0.25) is 11.8 Å². The van der Waals surface area contributed by atoms with Gasteiger partial charge in [-0.2, -0.15) is 0 Å². The van der Waals surface area contributed by atoms with Crippen molar-refractivity contribution >= 4 is 73.9 Å². The molecule has 1 atom stereocenters. The van der Waals surface area contributed by atoms with Crippen LogP contribution in [0.25, 0.3) is 0 Å². The summed E-state index contributed by atoms with van der Waals surface area (Å²) in [5.74, 6) is -0.800. The molecule has 3 aromatic carbocycles. The van der Waals surface area contributed by atoms with E-state index in [9.17, 15) is 18.0 Å². The molecule has 0 spiro atoms. The van der Waals surface area contributed by atoms with E-state index in [2.05, 4.69) is 5.32 Å². The number of benzene rings is 3. The van der Waals surface area contributed by atoms with Crippen LogP contribution < -0.4 is 9.62 Å². The Morgan fingerprint density at radius 2 is 1.51 bits per heavy atom. The zero-order chi connectivity index (χ0) is 30.3. The Kier molecular flexibility index (Phi) is 11.8. The molecule has 0 fully saturated rings. The van der Waals surface area contributed by atoms with Gasteiger partial charge in [-0.1, -0.05) is 91.4 Å². The van der Waals surface area contributed by atoms with Crippen molar-refractivity contribution in [1.82, 2.24) is 10.2 Å². The maximum atomic E-state index is 14.1. The van der Waals surface area contributed by atoms with Crippen LogP contribution in [0.15, 0.2) is 71.6 Å². The summed E-state index contributed by atoms with van der Waals surface area (Å²) < 4.78 is 28.7. The zero-order valence-electron chi connectivity index (χ0n) is 22.8. The molecule has 0 aliphatic heterocycles. The van der Waals surface area contributed by atoms with Gasteiger partial charge in [0.05, 0.1) is 10.6 Å². The summed E-state index contributed by atoms with van der Waals surface area (Å²) in [7, 11) is -4.25. The highest BCUT2D eigenvalue weighted by atomic mass is 35.5. The fraction of sp³-hybridized carbons (Fsp3) is 0.310. The predicted octanol–water partition coefficient (Wildman–Crippen LogP) is 7.08. The van der Waals surface area contributed by atoms with E-state index in [1.807, 2.05) is 13.8 Å². The van der Waals surface area contributed by atoms with Gasteiger partial charge in [-0.05, 0) is 60.4 Å². The number of hydrogen-bond acceptors (Lipinski definition) is 4. The third-order valence-corrected chi connectivity index (χ3v) is 8.98. The van der Waals surface area contributed by atoms with Gasteiger partial charge < -0.3 is 10.2 Å². The van der Waals surface area contributed by atoms with Gasteiger partial charge in [0, 0.05) is 33.2 Å². The number of anilines is 1. The van der Waals surface area contributed by atoms with Crippen LogP contribution in [-0.2, 0) is 26.2 Å². The lowest BCUT2D eigenvalue weighted by atomic mass is 10.1. The van der Waals surface area contributed by atoms with Gasteiger partial charge in [0.1, 0.15) is 12.6 Å². The van der Waals surface area contributed by atoms with Crippen LogP contribution >= 0.6 is 46.4 Å². The Morgan fingerprint density at radius 3 is 2.07 bits per heavy atom. The van der Waals surface area contributed by atoms with Crippen molar-refractivity contribution in [2.24, 2.45) is 5.92 Å². The summed E-state index contributed by atoms with van der Waals surface area (Å²) in [5.41, 5.74) is 0.643. The van der Waals surface area contributed by atoms with Crippen LogP contribution in [0.3, 0.4) is 0 Å². The molecule has 41 heavy (non-hydrogen) atoms. The molecule has 0 aliphatic carbocycles. The topological polar surface area (TPSA) is 86.8 Å². The molecule has 2 amide bonds. The maximum absolute atomic E-state index is 14.1. The Morgan fingerprint density at radius 1 is 0.878 bits per heavy atom. The molecule has 0 bridgehead atoms. The number of halogens is 4. The lowest BCUT2D eigenvalue weighted by Crippen LogP contribution is -2.52. The molecule has 0 heterocycles. The molecule has 0 saturated carbocycles. The molecular formula is C29H31Cl4N3O4S. The average Bonchev–Trinajstić information content (AvgIpc) is 2.91. The third kappa shape index (κ3) is 8.75. The number of rotatable bonds is 12. The molecule has 1 N–H and O–H groups in total. The highest BCUT2D eigenvalue weighted by molar-refractivity contribution is 7.92. The molecule has 0 radical (unpaired) electrons. The highest BCUT2D eigenvalue weighted by Crippen LogP contribution is 2.30. The first-order valence-electron chi connectivity index (χ1n) is 12.9. The van der Waals surface area contributed by atoms with Crippen LogP contribution in [0.5, 0.6) is 0 Å². The second-order valence-corrected chi connectivity index (χ2v) is 13.4. The number of carbonyl (C=O) groups excluding carboxylic acids is 2. The molecule has 0 saturated heterocycles.